The lowest BCUT2D eigenvalue weighted by atomic mass is 10.0. The van der Waals surface area contributed by atoms with Crippen molar-refractivity contribution in [1.29, 1.82) is 0 Å². The third kappa shape index (κ3) is 4.52. The minimum atomic E-state index is -0.715. The molecule has 0 N–H and O–H groups in total. The summed E-state index contributed by atoms with van der Waals surface area (Å²) in [4.78, 5) is 22.2. The molecule has 5 heteroatoms. The molecule has 2 rings (SSSR count). The van der Waals surface area contributed by atoms with Gasteiger partial charge >= 0.3 is 11.9 Å². The van der Waals surface area contributed by atoms with Gasteiger partial charge in [0.15, 0.2) is 11.6 Å². The second-order valence-electron chi connectivity index (χ2n) is 4.98. The molecule has 0 aliphatic carbocycles. The zero-order valence-corrected chi connectivity index (χ0v) is 13.3. The fourth-order valence-electron chi connectivity index (χ4n) is 1.97. The number of carbonyl (C=O) groups excluding carboxylic acids is 2. The van der Waals surface area contributed by atoms with Crippen molar-refractivity contribution in [3.8, 4) is 16.9 Å². The zero-order valence-electron chi connectivity index (χ0n) is 13.3. The van der Waals surface area contributed by atoms with E-state index in [4.69, 9.17) is 9.47 Å². The van der Waals surface area contributed by atoms with Crippen molar-refractivity contribution in [1.82, 2.24) is 0 Å². The number of carbonyl (C=O) groups is 2. The maximum Gasteiger partial charge on any atom is 0.335 e. The minimum absolute atomic E-state index is 0.147. The first-order valence-corrected chi connectivity index (χ1v) is 7.42. The molecule has 0 unspecified atom stereocenters. The van der Waals surface area contributed by atoms with Crippen LogP contribution in [0.25, 0.3) is 11.1 Å². The van der Waals surface area contributed by atoms with Crippen molar-refractivity contribution in [3.05, 3.63) is 66.5 Å². The highest BCUT2D eigenvalue weighted by Gasteiger charge is 2.09. The van der Waals surface area contributed by atoms with Gasteiger partial charge in [0.25, 0.3) is 0 Å². The van der Waals surface area contributed by atoms with Crippen LogP contribution in [0.5, 0.6) is 5.75 Å². The molecule has 0 aromatic heterocycles. The maximum atomic E-state index is 14.0. The Bertz CT molecular complexity index is 750. The Hall–Kier alpha value is -2.95. The summed E-state index contributed by atoms with van der Waals surface area (Å²) in [6, 6.07) is 11.6. The normalized spacial score (nSPS) is 10.1. The number of hydrogen-bond donors (Lipinski definition) is 0. The van der Waals surface area contributed by atoms with E-state index >= 15 is 0 Å². The van der Waals surface area contributed by atoms with E-state index in [9.17, 15) is 14.0 Å². The SMILES string of the molecule is C=CC(=O)Oc1ccc(-c2ccc(COC(=O)CC)cc2)cc1F. The molecule has 0 bridgehead atoms. The Morgan fingerprint density at radius 1 is 1.12 bits per heavy atom. The predicted octanol–water partition coefficient (Wildman–Crippen LogP) is 4.04. The third-order valence-corrected chi connectivity index (χ3v) is 3.28. The fraction of sp³-hybridized carbons (Fsp3) is 0.158. The molecule has 4 nitrogen and oxygen atoms in total. The second kappa shape index (κ2) is 8.06. The molecular formula is C19H17FO4. The van der Waals surface area contributed by atoms with Crippen LogP contribution in [0.2, 0.25) is 0 Å². The molecule has 2 aromatic carbocycles. The largest absolute Gasteiger partial charge is 0.461 e. The van der Waals surface area contributed by atoms with Gasteiger partial charge in [-0.3, -0.25) is 4.79 Å². The molecular weight excluding hydrogens is 311 g/mol. The average Bonchev–Trinajstić information content (AvgIpc) is 2.61. The van der Waals surface area contributed by atoms with E-state index in [1.54, 1.807) is 25.1 Å². The first-order valence-electron chi connectivity index (χ1n) is 7.42. The molecule has 0 saturated carbocycles. The van der Waals surface area contributed by atoms with Gasteiger partial charge in [-0.2, -0.15) is 0 Å². The van der Waals surface area contributed by atoms with Gasteiger partial charge in [0.1, 0.15) is 6.61 Å². The molecule has 0 aliphatic rings. The zero-order chi connectivity index (χ0) is 17.5. The summed E-state index contributed by atoms with van der Waals surface area (Å²) in [6.45, 7) is 5.20. The van der Waals surface area contributed by atoms with E-state index < -0.39 is 11.8 Å². The maximum absolute atomic E-state index is 14.0. The van der Waals surface area contributed by atoms with Gasteiger partial charge in [-0.1, -0.05) is 43.8 Å². The van der Waals surface area contributed by atoms with Crippen molar-refractivity contribution in [2.24, 2.45) is 0 Å². The fourth-order valence-corrected chi connectivity index (χ4v) is 1.97. The number of esters is 2. The molecule has 0 atom stereocenters. The van der Waals surface area contributed by atoms with Crippen LogP contribution in [0, 0.1) is 5.82 Å². The predicted molar refractivity (Wildman–Crippen MR) is 87.8 cm³/mol. The summed E-state index contributed by atoms with van der Waals surface area (Å²) in [5, 5.41) is 0. The van der Waals surface area contributed by atoms with Crippen LogP contribution >= 0.6 is 0 Å². The standard InChI is InChI=1S/C19H17FO4/c1-3-18(21)23-12-13-5-7-14(8-6-13)15-9-10-17(16(20)11-15)24-19(22)4-2/h4-11H,2-3,12H2,1H3. The highest BCUT2D eigenvalue weighted by molar-refractivity contribution is 5.83. The van der Waals surface area contributed by atoms with Crippen molar-refractivity contribution in [2.45, 2.75) is 20.0 Å². The van der Waals surface area contributed by atoms with Crippen LogP contribution in [0.15, 0.2) is 55.1 Å². The lowest BCUT2D eigenvalue weighted by molar-refractivity contribution is -0.144. The molecule has 0 heterocycles. The van der Waals surface area contributed by atoms with Gasteiger partial charge in [0.05, 0.1) is 0 Å². The smallest absolute Gasteiger partial charge is 0.335 e. The van der Waals surface area contributed by atoms with Crippen molar-refractivity contribution < 1.29 is 23.5 Å². The van der Waals surface area contributed by atoms with Gasteiger partial charge in [0.2, 0.25) is 0 Å². The van der Waals surface area contributed by atoms with Gasteiger partial charge in [-0.05, 0) is 28.8 Å². The Labute approximate surface area is 139 Å². The molecule has 0 aliphatic heterocycles. The Morgan fingerprint density at radius 2 is 1.79 bits per heavy atom. The van der Waals surface area contributed by atoms with Gasteiger partial charge in [0, 0.05) is 12.5 Å². The number of benzene rings is 2. The number of halogens is 1. The Morgan fingerprint density at radius 3 is 2.38 bits per heavy atom. The molecule has 0 fully saturated rings. The number of rotatable bonds is 6. The minimum Gasteiger partial charge on any atom is -0.461 e. The quantitative estimate of drug-likeness (QED) is 0.456. The molecule has 0 radical (unpaired) electrons. The average molecular weight is 328 g/mol. The van der Waals surface area contributed by atoms with Crippen LogP contribution in [0.1, 0.15) is 18.9 Å². The molecule has 2 aromatic rings. The van der Waals surface area contributed by atoms with Crippen molar-refractivity contribution in [2.75, 3.05) is 0 Å². The Balaban J connectivity index is 2.11. The van der Waals surface area contributed by atoms with Crippen molar-refractivity contribution in [3.63, 3.8) is 0 Å². The summed E-state index contributed by atoms with van der Waals surface area (Å²) in [7, 11) is 0. The molecule has 124 valence electrons. The lowest BCUT2D eigenvalue weighted by Crippen LogP contribution is -2.04. The van der Waals surface area contributed by atoms with E-state index in [0.29, 0.717) is 12.0 Å². The van der Waals surface area contributed by atoms with Crippen LogP contribution in [0.3, 0.4) is 0 Å². The van der Waals surface area contributed by atoms with E-state index in [-0.39, 0.29) is 18.3 Å². The topological polar surface area (TPSA) is 52.6 Å². The summed E-state index contributed by atoms with van der Waals surface area (Å²) in [6.07, 6.45) is 1.30. The van der Waals surface area contributed by atoms with E-state index in [1.807, 2.05) is 12.1 Å². The summed E-state index contributed by atoms with van der Waals surface area (Å²) in [5.74, 6) is -1.76. The van der Waals surface area contributed by atoms with Gasteiger partial charge < -0.3 is 9.47 Å². The molecule has 0 saturated heterocycles. The first-order chi connectivity index (χ1) is 11.5. The number of ether oxygens (including phenoxy) is 2. The Kier molecular flexibility index (Phi) is 5.84. The molecule has 24 heavy (non-hydrogen) atoms. The second-order valence-corrected chi connectivity index (χ2v) is 4.98. The highest BCUT2D eigenvalue weighted by Crippen LogP contribution is 2.26. The summed E-state index contributed by atoms with van der Waals surface area (Å²) < 4.78 is 23.8. The van der Waals surface area contributed by atoms with E-state index in [1.165, 1.54) is 12.1 Å². The monoisotopic (exact) mass is 328 g/mol. The summed E-state index contributed by atoms with van der Waals surface area (Å²) in [5.41, 5.74) is 2.28. The van der Waals surface area contributed by atoms with Crippen LogP contribution in [-0.4, -0.2) is 11.9 Å². The van der Waals surface area contributed by atoms with Gasteiger partial charge in [-0.25, -0.2) is 9.18 Å². The van der Waals surface area contributed by atoms with Gasteiger partial charge in [-0.15, -0.1) is 0 Å². The molecule has 0 spiro atoms. The van der Waals surface area contributed by atoms with Crippen molar-refractivity contribution >= 4 is 11.9 Å². The number of hydrogen-bond acceptors (Lipinski definition) is 4. The molecule has 0 amide bonds. The van der Waals surface area contributed by atoms with Crippen LogP contribution in [-0.2, 0) is 20.9 Å². The third-order valence-electron chi connectivity index (χ3n) is 3.28. The van der Waals surface area contributed by atoms with E-state index in [2.05, 4.69) is 6.58 Å². The summed E-state index contributed by atoms with van der Waals surface area (Å²) >= 11 is 0. The highest BCUT2D eigenvalue weighted by atomic mass is 19.1. The first kappa shape index (κ1) is 17.4. The van der Waals surface area contributed by atoms with E-state index in [0.717, 1.165) is 17.2 Å². The lowest BCUT2D eigenvalue weighted by Gasteiger charge is -2.08. The van der Waals surface area contributed by atoms with Crippen LogP contribution in [0.4, 0.5) is 4.39 Å². The van der Waals surface area contributed by atoms with Crippen LogP contribution < -0.4 is 4.74 Å².